The summed E-state index contributed by atoms with van der Waals surface area (Å²) in [5, 5.41) is 0. The number of aryl methyl sites for hydroxylation is 1. The van der Waals surface area contributed by atoms with Crippen LogP contribution in [0, 0.1) is 13.0 Å². The van der Waals surface area contributed by atoms with E-state index >= 15 is 0 Å². The van der Waals surface area contributed by atoms with Gasteiger partial charge in [0.05, 0.1) is 7.11 Å². The smallest absolute Gasteiger partial charge is 0.312 e. The van der Waals surface area contributed by atoms with Gasteiger partial charge in [-0.05, 0) is 6.92 Å². The zero-order valence-electron chi connectivity index (χ0n) is 5.76. The van der Waals surface area contributed by atoms with Gasteiger partial charge in [-0.25, -0.2) is 4.98 Å². The molecule has 0 atom stereocenters. The summed E-state index contributed by atoms with van der Waals surface area (Å²) < 4.78 is 17.0. The standard InChI is InChI=1S/C6H7FN2O/c1-4-3-5(10-2)9-6(7)8-4/h3H,1-2H3. The van der Waals surface area contributed by atoms with Gasteiger partial charge in [0.1, 0.15) is 0 Å². The summed E-state index contributed by atoms with van der Waals surface area (Å²) in [5.74, 6) is 0.255. The Morgan fingerprint density at radius 3 is 2.70 bits per heavy atom. The highest BCUT2D eigenvalue weighted by Gasteiger charge is 1.98. The second-order valence-corrected chi connectivity index (χ2v) is 1.82. The lowest BCUT2D eigenvalue weighted by Crippen LogP contribution is -1.95. The maximum Gasteiger partial charge on any atom is 0.312 e. The first kappa shape index (κ1) is 6.92. The van der Waals surface area contributed by atoms with E-state index in [1.807, 2.05) is 0 Å². The molecule has 1 rings (SSSR count). The van der Waals surface area contributed by atoms with E-state index in [4.69, 9.17) is 0 Å². The highest BCUT2D eigenvalue weighted by atomic mass is 19.1. The lowest BCUT2D eigenvalue weighted by atomic mass is 10.4. The van der Waals surface area contributed by atoms with Crippen molar-refractivity contribution in [1.29, 1.82) is 0 Å². The van der Waals surface area contributed by atoms with Crippen molar-refractivity contribution < 1.29 is 9.13 Å². The predicted octanol–water partition coefficient (Wildman–Crippen LogP) is 0.933. The molecule has 54 valence electrons. The molecule has 0 radical (unpaired) electrons. The molecule has 0 unspecified atom stereocenters. The number of aromatic nitrogens is 2. The Morgan fingerprint density at radius 2 is 2.20 bits per heavy atom. The zero-order chi connectivity index (χ0) is 7.56. The molecule has 0 N–H and O–H groups in total. The third-order valence-electron chi connectivity index (χ3n) is 1.01. The molecule has 10 heavy (non-hydrogen) atoms. The van der Waals surface area contributed by atoms with E-state index in [1.165, 1.54) is 7.11 Å². The van der Waals surface area contributed by atoms with Crippen molar-refractivity contribution in [2.24, 2.45) is 0 Å². The summed E-state index contributed by atoms with van der Waals surface area (Å²) in [6.45, 7) is 1.67. The SMILES string of the molecule is COc1cc(C)nc(F)n1. The third kappa shape index (κ3) is 1.40. The van der Waals surface area contributed by atoms with E-state index in [0.29, 0.717) is 5.69 Å². The summed E-state index contributed by atoms with van der Waals surface area (Å²) in [5.41, 5.74) is 0.560. The molecule has 0 spiro atoms. The van der Waals surface area contributed by atoms with Gasteiger partial charge in [-0.15, -0.1) is 0 Å². The molecule has 0 aliphatic heterocycles. The summed E-state index contributed by atoms with van der Waals surface area (Å²) in [6.07, 6.45) is -0.753. The number of hydrogen-bond acceptors (Lipinski definition) is 3. The van der Waals surface area contributed by atoms with Gasteiger partial charge in [-0.3, -0.25) is 0 Å². The van der Waals surface area contributed by atoms with Crippen molar-refractivity contribution in [1.82, 2.24) is 9.97 Å². The Bertz CT molecular complexity index is 219. The summed E-state index contributed by atoms with van der Waals surface area (Å²) in [6, 6.07) is 1.56. The monoisotopic (exact) mass is 142 g/mol. The first-order valence-electron chi connectivity index (χ1n) is 2.77. The van der Waals surface area contributed by atoms with Crippen LogP contribution < -0.4 is 4.74 Å². The molecule has 0 saturated heterocycles. The second-order valence-electron chi connectivity index (χ2n) is 1.82. The Hall–Kier alpha value is -1.19. The van der Waals surface area contributed by atoms with Crippen LogP contribution in [0.1, 0.15) is 5.69 Å². The van der Waals surface area contributed by atoms with E-state index in [9.17, 15) is 4.39 Å². The van der Waals surface area contributed by atoms with Gasteiger partial charge in [0.2, 0.25) is 5.88 Å². The van der Waals surface area contributed by atoms with Crippen LogP contribution in [0.5, 0.6) is 5.88 Å². The van der Waals surface area contributed by atoms with E-state index < -0.39 is 6.08 Å². The maximum absolute atomic E-state index is 12.3. The minimum absolute atomic E-state index is 0.255. The largest absolute Gasteiger partial charge is 0.481 e. The highest BCUT2D eigenvalue weighted by molar-refractivity contribution is 5.11. The number of ether oxygens (including phenoxy) is 1. The molecule has 1 aromatic rings. The topological polar surface area (TPSA) is 35.0 Å². The van der Waals surface area contributed by atoms with Gasteiger partial charge in [0.25, 0.3) is 0 Å². The molecule has 0 bridgehead atoms. The first-order chi connectivity index (χ1) is 4.72. The Balaban J connectivity index is 3.06. The van der Waals surface area contributed by atoms with Crippen LogP contribution in [0.25, 0.3) is 0 Å². The molecule has 0 aromatic carbocycles. The van der Waals surface area contributed by atoms with Crippen LogP contribution >= 0.6 is 0 Å². The first-order valence-corrected chi connectivity index (χ1v) is 2.77. The Kier molecular flexibility index (Phi) is 1.80. The molecule has 0 saturated carbocycles. The number of rotatable bonds is 1. The van der Waals surface area contributed by atoms with Crippen molar-refractivity contribution >= 4 is 0 Å². The van der Waals surface area contributed by atoms with Gasteiger partial charge in [0.15, 0.2) is 0 Å². The quantitative estimate of drug-likeness (QED) is 0.547. The molecule has 0 aliphatic rings. The van der Waals surface area contributed by atoms with Crippen LogP contribution in [0.4, 0.5) is 4.39 Å². The van der Waals surface area contributed by atoms with Crippen LogP contribution in [-0.4, -0.2) is 17.1 Å². The van der Waals surface area contributed by atoms with Crippen molar-refractivity contribution in [3.8, 4) is 5.88 Å². The number of nitrogens with zero attached hydrogens (tertiary/aromatic N) is 2. The fraction of sp³-hybridized carbons (Fsp3) is 0.333. The predicted molar refractivity (Wildman–Crippen MR) is 33.3 cm³/mol. The van der Waals surface area contributed by atoms with Crippen LogP contribution in [0.3, 0.4) is 0 Å². The fourth-order valence-corrected chi connectivity index (χ4v) is 0.609. The molecule has 0 aliphatic carbocycles. The lowest BCUT2D eigenvalue weighted by Gasteiger charge is -1.97. The minimum atomic E-state index is -0.753. The van der Waals surface area contributed by atoms with E-state index in [-0.39, 0.29) is 5.88 Å². The molecule has 3 nitrogen and oxygen atoms in total. The van der Waals surface area contributed by atoms with Crippen LogP contribution in [0.2, 0.25) is 0 Å². The number of halogens is 1. The van der Waals surface area contributed by atoms with Crippen molar-refractivity contribution in [3.63, 3.8) is 0 Å². The van der Waals surface area contributed by atoms with Gasteiger partial charge in [-0.2, -0.15) is 9.37 Å². The second kappa shape index (κ2) is 2.60. The van der Waals surface area contributed by atoms with Gasteiger partial charge in [-0.1, -0.05) is 0 Å². The van der Waals surface area contributed by atoms with E-state index in [1.54, 1.807) is 13.0 Å². The van der Waals surface area contributed by atoms with Crippen LogP contribution in [-0.2, 0) is 0 Å². The molecule has 1 aromatic heterocycles. The molecule has 0 fully saturated rings. The van der Waals surface area contributed by atoms with E-state index in [0.717, 1.165) is 0 Å². The zero-order valence-corrected chi connectivity index (χ0v) is 5.76. The Labute approximate surface area is 57.9 Å². The summed E-state index contributed by atoms with van der Waals surface area (Å²) in [7, 11) is 1.43. The summed E-state index contributed by atoms with van der Waals surface area (Å²) in [4.78, 5) is 6.78. The minimum Gasteiger partial charge on any atom is -0.481 e. The van der Waals surface area contributed by atoms with Crippen molar-refractivity contribution in [2.75, 3.05) is 7.11 Å². The Morgan fingerprint density at radius 1 is 1.50 bits per heavy atom. The maximum atomic E-state index is 12.3. The lowest BCUT2D eigenvalue weighted by molar-refractivity contribution is 0.381. The fourth-order valence-electron chi connectivity index (χ4n) is 0.609. The molecule has 1 heterocycles. The average molecular weight is 142 g/mol. The van der Waals surface area contributed by atoms with Gasteiger partial charge < -0.3 is 4.74 Å². The number of methoxy groups -OCH3 is 1. The van der Waals surface area contributed by atoms with Crippen molar-refractivity contribution in [3.05, 3.63) is 17.8 Å². The molecular formula is C6H7FN2O. The third-order valence-corrected chi connectivity index (χ3v) is 1.01. The van der Waals surface area contributed by atoms with Crippen molar-refractivity contribution in [2.45, 2.75) is 6.92 Å². The highest BCUT2D eigenvalue weighted by Crippen LogP contribution is 2.05. The van der Waals surface area contributed by atoms with Gasteiger partial charge in [0, 0.05) is 11.8 Å². The molecule has 0 amide bonds. The number of hydrogen-bond donors (Lipinski definition) is 0. The van der Waals surface area contributed by atoms with E-state index in [2.05, 4.69) is 14.7 Å². The van der Waals surface area contributed by atoms with Gasteiger partial charge >= 0.3 is 6.08 Å². The summed E-state index contributed by atoms with van der Waals surface area (Å²) >= 11 is 0. The molecular weight excluding hydrogens is 135 g/mol. The normalized spacial score (nSPS) is 9.50. The molecule has 4 heteroatoms. The van der Waals surface area contributed by atoms with Crippen LogP contribution in [0.15, 0.2) is 6.07 Å². The average Bonchev–Trinajstić information content (AvgIpc) is 1.85.